The Morgan fingerprint density at radius 3 is 2.80 bits per heavy atom. The molecule has 6 aromatic rings. The number of thiophene rings is 1. The molecule has 0 bridgehead atoms. The number of H-pyrrole nitrogens is 2. The molecule has 0 saturated carbocycles. The zero-order chi connectivity index (χ0) is 23.9. The van der Waals surface area contributed by atoms with Gasteiger partial charge in [0.05, 0.1) is 28.8 Å². The van der Waals surface area contributed by atoms with Crippen LogP contribution in [-0.2, 0) is 0 Å². The summed E-state index contributed by atoms with van der Waals surface area (Å²) < 4.78 is 0. The van der Waals surface area contributed by atoms with Crippen molar-refractivity contribution in [2.24, 2.45) is 0 Å². The van der Waals surface area contributed by atoms with Crippen molar-refractivity contribution >= 4 is 39.0 Å². The number of pyridine rings is 2. The van der Waals surface area contributed by atoms with Gasteiger partial charge in [0.15, 0.2) is 0 Å². The molecular weight excluding hydrogens is 452 g/mol. The average Bonchev–Trinajstić information content (AvgIpc) is 3.61. The SMILES string of the molecule is C=C(CC)Nc1cncc(-c2ccc3[nH]nc(-c4cc5c(-c6ccc(C)s6)cccc5[nH]4)c3n2)c1. The number of allylic oxidation sites excluding steroid dienone is 1. The fourth-order valence-electron chi connectivity index (χ4n) is 4.27. The summed E-state index contributed by atoms with van der Waals surface area (Å²) in [7, 11) is 0. The third-order valence-corrected chi connectivity index (χ3v) is 7.15. The zero-order valence-corrected chi connectivity index (χ0v) is 20.3. The number of anilines is 1. The van der Waals surface area contributed by atoms with Gasteiger partial charge in [-0.2, -0.15) is 5.10 Å². The van der Waals surface area contributed by atoms with Crippen molar-refractivity contribution in [2.75, 3.05) is 5.32 Å². The van der Waals surface area contributed by atoms with Gasteiger partial charge in [-0.3, -0.25) is 10.1 Å². The Bertz CT molecular complexity index is 1700. The van der Waals surface area contributed by atoms with Crippen LogP contribution in [0, 0.1) is 6.92 Å². The van der Waals surface area contributed by atoms with E-state index in [9.17, 15) is 0 Å². The Hall–Kier alpha value is -4.23. The average molecular weight is 477 g/mol. The van der Waals surface area contributed by atoms with E-state index in [0.29, 0.717) is 0 Å². The molecule has 0 radical (unpaired) electrons. The van der Waals surface area contributed by atoms with Crippen LogP contribution >= 0.6 is 11.3 Å². The predicted octanol–water partition coefficient (Wildman–Crippen LogP) is 7.54. The second-order valence-electron chi connectivity index (χ2n) is 8.57. The molecule has 0 saturated heterocycles. The summed E-state index contributed by atoms with van der Waals surface area (Å²) in [5, 5.41) is 12.2. The van der Waals surface area contributed by atoms with E-state index >= 15 is 0 Å². The molecule has 5 heterocycles. The van der Waals surface area contributed by atoms with E-state index < -0.39 is 0 Å². The Balaban J connectivity index is 1.43. The molecule has 0 aliphatic carbocycles. The molecule has 1 aromatic carbocycles. The van der Waals surface area contributed by atoms with Gasteiger partial charge in [0, 0.05) is 43.7 Å². The van der Waals surface area contributed by atoms with E-state index in [1.807, 2.05) is 24.4 Å². The van der Waals surface area contributed by atoms with Gasteiger partial charge < -0.3 is 10.3 Å². The lowest BCUT2D eigenvalue weighted by Gasteiger charge is -2.08. The monoisotopic (exact) mass is 476 g/mol. The minimum absolute atomic E-state index is 0.799. The molecule has 7 heteroatoms. The first-order valence-corrected chi connectivity index (χ1v) is 12.3. The van der Waals surface area contributed by atoms with Gasteiger partial charge in [0.2, 0.25) is 0 Å². The second kappa shape index (κ2) is 8.52. The molecular formula is C28H24N6S. The summed E-state index contributed by atoms with van der Waals surface area (Å²) in [6.45, 7) is 8.23. The van der Waals surface area contributed by atoms with E-state index in [-0.39, 0.29) is 0 Å². The van der Waals surface area contributed by atoms with E-state index in [1.165, 1.54) is 20.7 Å². The minimum Gasteiger partial charge on any atom is -0.358 e. The van der Waals surface area contributed by atoms with Crippen LogP contribution in [0.5, 0.6) is 0 Å². The second-order valence-corrected chi connectivity index (χ2v) is 9.86. The van der Waals surface area contributed by atoms with Crippen LogP contribution in [0.3, 0.4) is 0 Å². The normalized spacial score (nSPS) is 11.4. The molecule has 3 N–H and O–H groups in total. The van der Waals surface area contributed by atoms with Crippen LogP contribution in [0.2, 0.25) is 0 Å². The van der Waals surface area contributed by atoms with Crippen molar-refractivity contribution < 1.29 is 0 Å². The summed E-state index contributed by atoms with van der Waals surface area (Å²) >= 11 is 1.81. The number of nitrogens with zero attached hydrogens (tertiary/aromatic N) is 3. The van der Waals surface area contributed by atoms with E-state index in [2.05, 4.69) is 82.3 Å². The predicted molar refractivity (Wildman–Crippen MR) is 146 cm³/mol. The number of rotatable bonds is 6. The number of hydrogen-bond donors (Lipinski definition) is 3. The quantitative estimate of drug-likeness (QED) is 0.232. The van der Waals surface area contributed by atoms with Crippen molar-refractivity contribution in [3.05, 3.63) is 84.1 Å². The largest absolute Gasteiger partial charge is 0.358 e. The molecule has 0 atom stereocenters. The van der Waals surface area contributed by atoms with Crippen molar-refractivity contribution in [1.82, 2.24) is 25.1 Å². The third-order valence-electron chi connectivity index (χ3n) is 6.11. The highest BCUT2D eigenvalue weighted by molar-refractivity contribution is 7.15. The van der Waals surface area contributed by atoms with Crippen LogP contribution in [0.1, 0.15) is 18.2 Å². The molecule has 0 amide bonds. The van der Waals surface area contributed by atoms with Crippen LogP contribution in [0.25, 0.3) is 55.0 Å². The van der Waals surface area contributed by atoms with Crippen molar-refractivity contribution in [1.29, 1.82) is 0 Å². The van der Waals surface area contributed by atoms with E-state index in [0.717, 1.165) is 57.0 Å². The molecule has 0 fully saturated rings. The summed E-state index contributed by atoms with van der Waals surface area (Å²) in [5.74, 6) is 0. The fraction of sp³-hybridized carbons (Fsp3) is 0.107. The Kier molecular flexibility index (Phi) is 5.19. The number of aromatic amines is 2. The van der Waals surface area contributed by atoms with Gasteiger partial charge in [0.25, 0.3) is 0 Å². The molecule has 35 heavy (non-hydrogen) atoms. The van der Waals surface area contributed by atoms with Crippen LogP contribution in [0.4, 0.5) is 5.69 Å². The summed E-state index contributed by atoms with van der Waals surface area (Å²) in [6.07, 6.45) is 4.47. The highest BCUT2D eigenvalue weighted by Crippen LogP contribution is 2.36. The first-order chi connectivity index (χ1) is 17.1. The number of aryl methyl sites for hydroxylation is 1. The van der Waals surface area contributed by atoms with Gasteiger partial charge in [-0.05, 0) is 55.8 Å². The van der Waals surface area contributed by atoms with Gasteiger partial charge in [0.1, 0.15) is 11.2 Å². The van der Waals surface area contributed by atoms with Crippen molar-refractivity contribution in [3.63, 3.8) is 0 Å². The third kappa shape index (κ3) is 3.90. The maximum absolute atomic E-state index is 4.97. The lowest BCUT2D eigenvalue weighted by molar-refractivity contribution is 1.11. The topological polar surface area (TPSA) is 82.3 Å². The maximum Gasteiger partial charge on any atom is 0.135 e. The molecule has 0 aliphatic heterocycles. The standard InChI is InChI=1S/C28H24N6S/c1-4-16(2)30-19-12-18(14-29-15-19)22-9-10-24-27(32-22)28(34-33-24)25-13-21-20(6-5-7-23(21)31-25)26-11-8-17(3)35-26/h5-15,30-31H,2,4H2,1,3H3,(H,33,34). The highest BCUT2D eigenvalue weighted by Gasteiger charge is 2.16. The Labute approximate surface area is 206 Å². The molecule has 5 aromatic heterocycles. The van der Waals surface area contributed by atoms with Gasteiger partial charge in [-0.1, -0.05) is 25.6 Å². The summed E-state index contributed by atoms with van der Waals surface area (Å²) in [4.78, 5) is 15.5. The molecule has 172 valence electrons. The first kappa shape index (κ1) is 21.3. The smallest absolute Gasteiger partial charge is 0.135 e. The fourth-order valence-corrected chi connectivity index (χ4v) is 5.17. The number of fused-ring (bicyclic) bond motifs is 2. The molecule has 0 unspecified atom stereocenters. The van der Waals surface area contributed by atoms with Crippen molar-refractivity contribution in [2.45, 2.75) is 20.3 Å². The van der Waals surface area contributed by atoms with Crippen molar-refractivity contribution in [3.8, 4) is 33.1 Å². The maximum atomic E-state index is 4.97. The number of nitrogens with one attached hydrogen (secondary N) is 3. The van der Waals surface area contributed by atoms with Crippen LogP contribution in [-0.4, -0.2) is 25.1 Å². The number of benzene rings is 1. The van der Waals surface area contributed by atoms with Crippen LogP contribution < -0.4 is 5.32 Å². The van der Waals surface area contributed by atoms with Gasteiger partial charge in [-0.25, -0.2) is 4.98 Å². The van der Waals surface area contributed by atoms with E-state index in [4.69, 9.17) is 4.98 Å². The Morgan fingerprint density at radius 2 is 1.97 bits per heavy atom. The molecule has 0 spiro atoms. The lowest BCUT2D eigenvalue weighted by atomic mass is 10.1. The molecule has 6 rings (SSSR count). The first-order valence-electron chi connectivity index (χ1n) is 11.5. The highest BCUT2D eigenvalue weighted by atomic mass is 32.1. The van der Waals surface area contributed by atoms with Gasteiger partial charge >= 0.3 is 0 Å². The Morgan fingerprint density at radius 1 is 1.06 bits per heavy atom. The number of aromatic nitrogens is 5. The van der Waals surface area contributed by atoms with Crippen LogP contribution in [0.15, 0.2) is 79.3 Å². The van der Waals surface area contributed by atoms with E-state index in [1.54, 1.807) is 17.5 Å². The molecule has 0 aliphatic rings. The minimum atomic E-state index is 0.799. The van der Waals surface area contributed by atoms with Gasteiger partial charge in [-0.15, -0.1) is 11.3 Å². The lowest BCUT2D eigenvalue weighted by Crippen LogP contribution is -1.97. The number of hydrogen-bond acceptors (Lipinski definition) is 5. The zero-order valence-electron chi connectivity index (χ0n) is 19.5. The summed E-state index contributed by atoms with van der Waals surface area (Å²) in [6, 6.07) is 18.9. The molecule has 6 nitrogen and oxygen atoms in total. The summed E-state index contributed by atoms with van der Waals surface area (Å²) in [5.41, 5.74) is 9.35.